The molecule has 0 saturated heterocycles. The lowest BCUT2D eigenvalue weighted by molar-refractivity contribution is -0.121. The molecule has 1 aromatic heterocycles. The smallest absolute Gasteiger partial charge is 0.294 e. The minimum Gasteiger partial charge on any atom is -0.465 e. The molecule has 1 aliphatic heterocycles. The van der Waals surface area contributed by atoms with E-state index in [2.05, 4.69) is 0 Å². The molecule has 0 unspecified atom stereocenters. The summed E-state index contributed by atoms with van der Waals surface area (Å²) in [6.07, 6.45) is 2.93. The Morgan fingerprint density at radius 3 is 2.82 bits per heavy atom. The Kier molecular flexibility index (Phi) is 3.30. The molecule has 22 heavy (non-hydrogen) atoms. The standard InChI is InChI=1S/C15H13N3O4/c16-9-3-4-11-12(6-9)22-13(7-10-2-1-5-21-10)15(20)18(11)8-14(17)19/h1-7H,8,16H2,(H2,17,19)/b13-7+. The molecular weight excluding hydrogens is 286 g/mol. The van der Waals surface area contributed by atoms with Gasteiger partial charge in [0.1, 0.15) is 12.3 Å². The van der Waals surface area contributed by atoms with E-state index < -0.39 is 11.8 Å². The number of primary amides is 1. The SMILES string of the molecule is NC(=O)CN1C(=O)/C(=C\c2ccco2)Oc2cc(N)ccc21. The Morgan fingerprint density at radius 1 is 1.32 bits per heavy atom. The molecule has 4 N–H and O–H groups in total. The largest absolute Gasteiger partial charge is 0.465 e. The summed E-state index contributed by atoms with van der Waals surface area (Å²) in [6.45, 7) is -0.255. The molecule has 2 amide bonds. The van der Waals surface area contributed by atoms with Crippen molar-refractivity contribution < 1.29 is 18.7 Å². The number of carbonyl (C=O) groups excluding carboxylic acids is 2. The Hall–Kier alpha value is -3.22. The highest BCUT2D eigenvalue weighted by molar-refractivity contribution is 6.12. The van der Waals surface area contributed by atoms with Crippen LogP contribution in [0.1, 0.15) is 5.76 Å². The van der Waals surface area contributed by atoms with E-state index >= 15 is 0 Å². The lowest BCUT2D eigenvalue weighted by Gasteiger charge is -2.29. The molecule has 0 atom stereocenters. The molecule has 2 aromatic rings. The molecule has 0 spiro atoms. The van der Waals surface area contributed by atoms with Crippen LogP contribution < -0.4 is 21.1 Å². The molecule has 1 aromatic carbocycles. The number of furan rings is 1. The summed E-state index contributed by atoms with van der Waals surface area (Å²) in [4.78, 5) is 25.0. The second kappa shape index (κ2) is 5.28. The van der Waals surface area contributed by atoms with E-state index in [1.54, 1.807) is 30.3 Å². The second-order valence-corrected chi connectivity index (χ2v) is 4.71. The summed E-state index contributed by atoms with van der Waals surface area (Å²) < 4.78 is 10.8. The van der Waals surface area contributed by atoms with Crippen molar-refractivity contribution in [3.8, 4) is 5.75 Å². The van der Waals surface area contributed by atoms with E-state index in [1.165, 1.54) is 17.2 Å². The molecule has 0 fully saturated rings. The quantitative estimate of drug-likeness (QED) is 0.651. The predicted molar refractivity (Wildman–Crippen MR) is 79.7 cm³/mol. The number of nitrogens with zero attached hydrogens (tertiary/aromatic N) is 1. The molecular formula is C15H13N3O4. The van der Waals surface area contributed by atoms with Crippen LogP contribution in [-0.2, 0) is 9.59 Å². The summed E-state index contributed by atoms with van der Waals surface area (Å²) in [7, 11) is 0. The van der Waals surface area contributed by atoms with Crippen LogP contribution in [0, 0.1) is 0 Å². The molecule has 0 radical (unpaired) electrons. The van der Waals surface area contributed by atoms with E-state index in [9.17, 15) is 9.59 Å². The molecule has 0 aliphatic carbocycles. The van der Waals surface area contributed by atoms with Gasteiger partial charge in [-0.1, -0.05) is 0 Å². The van der Waals surface area contributed by atoms with Gasteiger partial charge in [-0.15, -0.1) is 0 Å². The summed E-state index contributed by atoms with van der Waals surface area (Å²) in [5.41, 5.74) is 11.9. The Labute approximate surface area is 125 Å². The number of hydrogen-bond acceptors (Lipinski definition) is 5. The summed E-state index contributed by atoms with van der Waals surface area (Å²) in [5.74, 6) is -0.259. The molecule has 2 heterocycles. The number of nitrogens with two attached hydrogens (primary N) is 2. The summed E-state index contributed by atoms with van der Waals surface area (Å²) >= 11 is 0. The first-order chi connectivity index (χ1) is 10.5. The van der Waals surface area contributed by atoms with Crippen LogP contribution in [-0.4, -0.2) is 18.4 Å². The van der Waals surface area contributed by atoms with Crippen LogP contribution >= 0.6 is 0 Å². The van der Waals surface area contributed by atoms with Gasteiger partial charge in [-0.3, -0.25) is 14.5 Å². The summed E-state index contributed by atoms with van der Waals surface area (Å²) in [5, 5.41) is 0. The third-order valence-electron chi connectivity index (χ3n) is 3.08. The lowest BCUT2D eigenvalue weighted by Crippen LogP contribution is -2.42. The highest BCUT2D eigenvalue weighted by Crippen LogP contribution is 2.37. The zero-order valence-corrected chi connectivity index (χ0v) is 11.5. The average Bonchev–Trinajstić information content (AvgIpc) is 2.96. The number of rotatable bonds is 3. The van der Waals surface area contributed by atoms with Gasteiger partial charge in [0.05, 0.1) is 12.0 Å². The molecule has 7 nitrogen and oxygen atoms in total. The minimum absolute atomic E-state index is 0.0225. The van der Waals surface area contributed by atoms with Crippen molar-refractivity contribution in [2.75, 3.05) is 17.2 Å². The number of anilines is 2. The van der Waals surface area contributed by atoms with Gasteiger partial charge in [0.2, 0.25) is 5.91 Å². The van der Waals surface area contributed by atoms with Crippen LogP contribution in [0.3, 0.4) is 0 Å². The number of amides is 2. The minimum atomic E-state index is -0.629. The monoisotopic (exact) mass is 299 g/mol. The fourth-order valence-electron chi connectivity index (χ4n) is 2.15. The van der Waals surface area contributed by atoms with E-state index in [0.29, 0.717) is 22.9 Å². The zero-order valence-electron chi connectivity index (χ0n) is 11.5. The van der Waals surface area contributed by atoms with Crippen LogP contribution in [0.4, 0.5) is 11.4 Å². The fourth-order valence-corrected chi connectivity index (χ4v) is 2.15. The highest BCUT2D eigenvalue weighted by Gasteiger charge is 2.31. The molecule has 0 bridgehead atoms. The van der Waals surface area contributed by atoms with Crippen molar-refractivity contribution in [1.29, 1.82) is 0 Å². The highest BCUT2D eigenvalue weighted by atomic mass is 16.5. The van der Waals surface area contributed by atoms with Crippen molar-refractivity contribution in [1.82, 2.24) is 0 Å². The third kappa shape index (κ3) is 2.51. The summed E-state index contributed by atoms with van der Waals surface area (Å²) in [6, 6.07) is 8.16. The predicted octanol–water partition coefficient (Wildman–Crippen LogP) is 1.11. The number of nitrogen functional groups attached to an aromatic ring is 1. The molecule has 0 saturated carbocycles. The van der Waals surface area contributed by atoms with Crippen LogP contribution in [0.15, 0.2) is 46.8 Å². The van der Waals surface area contributed by atoms with Crippen molar-refractivity contribution in [2.24, 2.45) is 5.73 Å². The zero-order chi connectivity index (χ0) is 15.7. The van der Waals surface area contributed by atoms with Crippen LogP contribution in [0.25, 0.3) is 6.08 Å². The molecule has 112 valence electrons. The third-order valence-corrected chi connectivity index (χ3v) is 3.08. The van der Waals surface area contributed by atoms with E-state index in [1.807, 2.05) is 0 Å². The van der Waals surface area contributed by atoms with Gasteiger partial charge in [-0.05, 0) is 24.3 Å². The maximum atomic E-state index is 12.5. The maximum Gasteiger partial charge on any atom is 0.294 e. The number of ether oxygens (including phenoxy) is 1. The number of carbonyl (C=O) groups is 2. The van der Waals surface area contributed by atoms with Crippen molar-refractivity contribution in [3.63, 3.8) is 0 Å². The van der Waals surface area contributed by atoms with Crippen molar-refractivity contribution in [3.05, 3.63) is 48.1 Å². The van der Waals surface area contributed by atoms with Crippen molar-refractivity contribution >= 4 is 29.3 Å². The number of fused-ring (bicyclic) bond motifs is 1. The van der Waals surface area contributed by atoms with Gasteiger partial charge >= 0.3 is 0 Å². The van der Waals surface area contributed by atoms with E-state index in [0.717, 1.165) is 0 Å². The first kappa shape index (κ1) is 13.7. The maximum absolute atomic E-state index is 12.5. The van der Waals surface area contributed by atoms with Gasteiger partial charge in [-0.2, -0.15) is 0 Å². The first-order valence-electron chi connectivity index (χ1n) is 6.47. The first-order valence-corrected chi connectivity index (χ1v) is 6.47. The Morgan fingerprint density at radius 2 is 2.14 bits per heavy atom. The number of benzene rings is 1. The van der Waals surface area contributed by atoms with Crippen LogP contribution in [0.5, 0.6) is 5.75 Å². The lowest BCUT2D eigenvalue weighted by atomic mass is 10.2. The van der Waals surface area contributed by atoms with Gasteiger partial charge in [0.25, 0.3) is 5.91 Å². The van der Waals surface area contributed by atoms with Crippen LogP contribution in [0.2, 0.25) is 0 Å². The second-order valence-electron chi connectivity index (χ2n) is 4.71. The fraction of sp³-hybridized carbons (Fsp3) is 0.0667. The topological polar surface area (TPSA) is 112 Å². The molecule has 3 rings (SSSR count). The number of hydrogen-bond donors (Lipinski definition) is 2. The van der Waals surface area contributed by atoms with E-state index in [-0.39, 0.29) is 12.3 Å². The Balaban J connectivity index is 2.06. The molecule has 1 aliphatic rings. The van der Waals surface area contributed by atoms with E-state index in [4.69, 9.17) is 20.6 Å². The molecule has 7 heteroatoms. The van der Waals surface area contributed by atoms with Gasteiger partial charge in [-0.25, -0.2) is 0 Å². The normalized spacial score (nSPS) is 15.5. The van der Waals surface area contributed by atoms with Gasteiger partial charge in [0.15, 0.2) is 11.5 Å². The van der Waals surface area contributed by atoms with Gasteiger partial charge in [0, 0.05) is 17.8 Å². The van der Waals surface area contributed by atoms with Gasteiger partial charge < -0.3 is 20.6 Å². The Bertz CT molecular complexity index is 765. The van der Waals surface area contributed by atoms with Crippen molar-refractivity contribution in [2.45, 2.75) is 0 Å². The average molecular weight is 299 g/mol.